The molecule has 0 radical (unpaired) electrons. The van der Waals surface area contributed by atoms with E-state index in [2.05, 4.69) is 0 Å². The third-order valence-electron chi connectivity index (χ3n) is 3.27. The maximum absolute atomic E-state index is 12.1. The Morgan fingerprint density at radius 3 is 2.61 bits per heavy atom. The molecule has 0 atom stereocenters. The molecule has 0 spiro atoms. The van der Waals surface area contributed by atoms with Gasteiger partial charge in [0.15, 0.2) is 5.78 Å². The van der Waals surface area contributed by atoms with Crippen molar-refractivity contribution in [1.29, 1.82) is 0 Å². The first-order chi connectivity index (χ1) is 10.9. The van der Waals surface area contributed by atoms with Crippen LogP contribution < -0.4 is 4.74 Å². The largest absolute Gasteiger partial charge is 0.496 e. The maximum Gasteiger partial charge on any atom is 0.288 e. The van der Waals surface area contributed by atoms with Gasteiger partial charge < -0.3 is 4.74 Å². The van der Waals surface area contributed by atoms with Crippen LogP contribution in [0.15, 0.2) is 42.5 Å². The number of ketones is 1. The summed E-state index contributed by atoms with van der Waals surface area (Å²) in [6.07, 6.45) is 3.02. The molecule has 2 aromatic carbocycles. The fourth-order valence-electron chi connectivity index (χ4n) is 2.08. The van der Waals surface area contributed by atoms with E-state index in [4.69, 9.17) is 16.3 Å². The number of methoxy groups -OCH3 is 1. The van der Waals surface area contributed by atoms with E-state index in [-0.39, 0.29) is 22.1 Å². The normalized spacial score (nSPS) is 10.7. The van der Waals surface area contributed by atoms with Gasteiger partial charge in [-0.1, -0.05) is 23.7 Å². The van der Waals surface area contributed by atoms with Gasteiger partial charge in [-0.2, -0.15) is 0 Å². The summed E-state index contributed by atoms with van der Waals surface area (Å²) in [6, 6.07) is 9.49. The van der Waals surface area contributed by atoms with Gasteiger partial charge in [0.25, 0.3) is 5.69 Å². The summed E-state index contributed by atoms with van der Waals surface area (Å²) in [5.74, 6) is 0.431. The van der Waals surface area contributed by atoms with E-state index in [1.165, 1.54) is 24.3 Å². The number of allylic oxidation sites excluding steroid dienone is 1. The molecule has 0 fully saturated rings. The van der Waals surface area contributed by atoms with Crippen LogP contribution in [0.2, 0.25) is 5.02 Å². The molecule has 23 heavy (non-hydrogen) atoms. The summed E-state index contributed by atoms with van der Waals surface area (Å²) in [5.41, 5.74) is 1.71. The average Bonchev–Trinajstić information content (AvgIpc) is 2.52. The van der Waals surface area contributed by atoms with E-state index >= 15 is 0 Å². The molecule has 0 aliphatic carbocycles. The number of benzene rings is 2. The van der Waals surface area contributed by atoms with Crippen molar-refractivity contribution in [2.45, 2.75) is 6.92 Å². The first kappa shape index (κ1) is 16.7. The first-order valence-corrected chi connectivity index (χ1v) is 7.11. The molecule has 0 aromatic heterocycles. The molecule has 6 heteroatoms. The van der Waals surface area contributed by atoms with Gasteiger partial charge in [-0.3, -0.25) is 14.9 Å². The van der Waals surface area contributed by atoms with E-state index in [0.29, 0.717) is 0 Å². The SMILES string of the molecule is COc1ccc(/C=C/C(=O)c2ccc(Cl)c([N+](=O)[O-])c2)cc1C. The second-order valence-electron chi connectivity index (χ2n) is 4.85. The van der Waals surface area contributed by atoms with E-state index < -0.39 is 4.92 Å². The zero-order valence-corrected chi connectivity index (χ0v) is 13.3. The Labute approximate surface area is 138 Å². The van der Waals surface area contributed by atoms with Crippen LogP contribution in [-0.2, 0) is 0 Å². The predicted octanol–water partition coefficient (Wildman–Crippen LogP) is 4.46. The number of hydrogen-bond acceptors (Lipinski definition) is 4. The Morgan fingerprint density at radius 2 is 2.00 bits per heavy atom. The molecule has 0 heterocycles. The fourth-order valence-corrected chi connectivity index (χ4v) is 2.27. The Hall–Kier alpha value is -2.66. The van der Waals surface area contributed by atoms with Crippen molar-refractivity contribution in [2.24, 2.45) is 0 Å². The van der Waals surface area contributed by atoms with Gasteiger partial charge >= 0.3 is 0 Å². The molecule has 118 valence electrons. The highest BCUT2D eigenvalue weighted by Gasteiger charge is 2.15. The Morgan fingerprint density at radius 1 is 1.26 bits per heavy atom. The van der Waals surface area contributed by atoms with Gasteiger partial charge in [0.05, 0.1) is 12.0 Å². The Balaban J connectivity index is 2.23. The quantitative estimate of drug-likeness (QED) is 0.351. The summed E-state index contributed by atoms with van der Waals surface area (Å²) in [4.78, 5) is 22.4. The number of nitro groups is 1. The molecule has 2 rings (SSSR count). The van der Waals surface area contributed by atoms with Gasteiger partial charge in [0.1, 0.15) is 10.8 Å². The van der Waals surface area contributed by atoms with Crippen LogP contribution in [0, 0.1) is 17.0 Å². The molecular weight excluding hydrogens is 318 g/mol. The minimum Gasteiger partial charge on any atom is -0.496 e. The minimum atomic E-state index is -0.615. The lowest BCUT2D eigenvalue weighted by atomic mass is 10.1. The van der Waals surface area contributed by atoms with Crippen LogP contribution in [0.25, 0.3) is 6.08 Å². The van der Waals surface area contributed by atoms with Gasteiger partial charge in [-0.25, -0.2) is 0 Å². The summed E-state index contributed by atoms with van der Waals surface area (Å²) < 4.78 is 5.17. The van der Waals surface area contributed by atoms with Crippen LogP contribution >= 0.6 is 11.6 Å². The lowest BCUT2D eigenvalue weighted by Crippen LogP contribution is -1.97. The third-order valence-corrected chi connectivity index (χ3v) is 3.59. The summed E-state index contributed by atoms with van der Waals surface area (Å²) >= 11 is 5.73. The molecule has 0 amide bonds. The Kier molecular flexibility index (Phi) is 5.13. The number of ether oxygens (including phenoxy) is 1. The standard InChI is InChI=1S/C17H14ClNO4/c1-11-9-12(4-8-17(11)23-2)3-7-16(20)13-5-6-14(18)15(10-13)19(21)22/h3-10H,1-2H3/b7-3+. The monoisotopic (exact) mass is 331 g/mol. The fraction of sp³-hybridized carbons (Fsp3) is 0.118. The highest BCUT2D eigenvalue weighted by Crippen LogP contribution is 2.25. The van der Waals surface area contributed by atoms with E-state index in [0.717, 1.165) is 16.9 Å². The Bertz CT molecular complexity index is 799. The van der Waals surface area contributed by atoms with Crippen molar-refractivity contribution in [2.75, 3.05) is 7.11 Å². The number of halogens is 1. The molecule has 0 aliphatic rings. The second kappa shape index (κ2) is 7.07. The molecule has 2 aromatic rings. The summed E-state index contributed by atoms with van der Waals surface area (Å²) in [6.45, 7) is 1.90. The molecule has 5 nitrogen and oxygen atoms in total. The summed E-state index contributed by atoms with van der Waals surface area (Å²) in [7, 11) is 1.59. The topological polar surface area (TPSA) is 69.4 Å². The third kappa shape index (κ3) is 3.96. The molecule has 0 saturated carbocycles. The van der Waals surface area contributed by atoms with Crippen molar-refractivity contribution in [3.8, 4) is 5.75 Å². The van der Waals surface area contributed by atoms with E-state index in [1.807, 2.05) is 25.1 Å². The van der Waals surface area contributed by atoms with Crippen molar-refractivity contribution in [3.63, 3.8) is 0 Å². The zero-order valence-electron chi connectivity index (χ0n) is 12.6. The lowest BCUT2D eigenvalue weighted by molar-refractivity contribution is -0.384. The molecule has 0 aliphatic heterocycles. The second-order valence-corrected chi connectivity index (χ2v) is 5.26. The molecule has 0 N–H and O–H groups in total. The van der Waals surface area contributed by atoms with Crippen LogP contribution in [0.4, 0.5) is 5.69 Å². The predicted molar refractivity (Wildman–Crippen MR) is 89.2 cm³/mol. The summed E-state index contributed by atoms with van der Waals surface area (Å²) in [5, 5.41) is 10.9. The van der Waals surface area contributed by atoms with Crippen molar-refractivity contribution >= 4 is 29.1 Å². The highest BCUT2D eigenvalue weighted by atomic mass is 35.5. The smallest absolute Gasteiger partial charge is 0.288 e. The number of nitro benzene ring substituents is 1. The number of aryl methyl sites for hydroxylation is 1. The number of carbonyl (C=O) groups is 1. The van der Waals surface area contributed by atoms with Crippen LogP contribution in [0.5, 0.6) is 5.75 Å². The van der Waals surface area contributed by atoms with Gasteiger partial charge in [0.2, 0.25) is 0 Å². The number of nitrogens with zero attached hydrogens (tertiary/aromatic N) is 1. The highest BCUT2D eigenvalue weighted by molar-refractivity contribution is 6.32. The zero-order chi connectivity index (χ0) is 17.0. The molecule has 0 saturated heterocycles. The maximum atomic E-state index is 12.1. The number of hydrogen-bond donors (Lipinski definition) is 0. The van der Waals surface area contributed by atoms with Crippen molar-refractivity contribution in [3.05, 3.63) is 74.3 Å². The van der Waals surface area contributed by atoms with E-state index in [1.54, 1.807) is 13.2 Å². The van der Waals surface area contributed by atoms with Crippen LogP contribution in [-0.4, -0.2) is 17.8 Å². The number of rotatable bonds is 5. The molecule has 0 unspecified atom stereocenters. The van der Waals surface area contributed by atoms with Crippen molar-refractivity contribution < 1.29 is 14.5 Å². The first-order valence-electron chi connectivity index (χ1n) is 6.73. The van der Waals surface area contributed by atoms with Gasteiger partial charge in [-0.15, -0.1) is 0 Å². The van der Waals surface area contributed by atoms with Gasteiger partial charge in [-0.05, 0) is 48.4 Å². The van der Waals surface area contributed by atoms with Crippen LogP contribution in [0.1, 0.15) is 21.5 Å². The average molecular weight is 332 g/mol. The minimum absolute atomic E-state index is 0.00121. The molecular formula is C17H14ClNO4. The van der Waals surface area contributed by atoms with Crippen molar-refractivity contribution in [1.82, 2.24) is 0 Å². The number of carbonyl (C=O) groups excluding carboxylic acids is 1. The van der Waals surface area contributed by atoms with Gasteiger partial charge in [0, 0.05) is 11.6 Å². The molecule has 0 bridgehead atoms. The lowest BCUT2D eigenvalue weighted by Gasteiger charge is -2.04. The van der Waals surface area contributed by atoms with E-state index in [9.17, 15) is 14.9 Å². The van der Waals surface area contributed by atoms with Crippen LogP contribution in [0.3, 0.4) is 0 Å².